The fourth-order valence-electron chi connectivity index (χ4n) is 6.51. The van der Waals surface area contributed by atoms with Crippen molar-refractivity contribution in [1.82, 2.24) is 19.8 Å². The number of likely N-dealkylation sites (tertiary alicyclic amines) is 1. The molecule has 2 unspecified atom stereocenters. The van der Waals surface area contributed by atoms with Crippen LogP contribution >= 0.6 is 0 Å². The number of rotatable bonds is 5. The van der Waals surface area contributed by atoms with Gasteiger partial charge in [0.1, 0.15) is 24.2 Å². The van der Waals surface area contributed by atoms with Crippen LogP contribution in [0.25, 0.3) is 22.5 Å². The maximum absolute atomic E-state index is 6.18. The Kier molecular flexibility index (Phi) is 5.72. The molecule has 1 N–H and O–H groups in total. The lowest BCUT2D eigenvalue weighted by Crippen LogP contribution is -2.59. The molecule has 190 valence electrons. The highest BCUT2D eigenvalue weighted by Gasteiger charge is 2.43. The average molecular weight is 496 g/mol. The molecular formula is C30H33N5O2. The van der Waals surface area contributed by atoms with Gasteiger partial charge in [-0.05, 0) is 43.0 Å². The molecular weight excluding hydrogens is 462 g/mol. The van der Waals surface area contributed by atoms with Crippen molar-refractivity contribution in [2.24, 2.45) is 10.4 Å². The summed E-state index contributed by atoms with van der Waals surface area (Å²) < 4.78 is 14.1. The number of nitrogens with zero attached hydrogens (tertiary/aromatic N) is 4. The molecule has 7 rings (SSSR count). The Morgan fingerprint density at radius 1 is 1.03 bits per heavy atom. The van der Waals surface area contributed by atoms with Crippen molar-refractivity contribution >= 4 is 6.21 Å². The standard InChI is InChI=1S/C30H33N5O2/c1-36-24-11-14-32-29-25(24)28-33-26(27(35(28)20-37-29)23-5-3-2-4-6-23)22-9-7-21(8-10-22)17-34-18-30(19-34)12-15-31-16-13-30/h2-11,14,25,29,31H,12-13,15-20H2,1H3. The number of aromatic nitrogens is 2. The number of hydrogen-bond donors (Lipinski definition) is 1. The lowest BCUT2D eigenvalue weighted by atomic mass is 9.72. The number of imidazole rings is 1. The summed E-state index contributed by atoms with van der Waals surface area (Å²) in [6.45, 7) is 6.21. The van der Waals surface area contributed by atoms with Gasteiger partial charge in [-0.2, -0.15) is 0 Å². The molecule has 2 saturated heterocycles. The van der Waals surface area contributed by atoms with Gasteiger partial charge >= 0.3 is 0 Å². The molecule has 37 heavy (non-hydrogen) atoms. The smallest absolute Gasteiger partial charge is 0.167 e. The highest BCUT2D eigenvalue weighted by molar-refractivity contribution is 5.80. The number of fused-ring (bicyclic) bond motifs is 3. The Bertz CT molecular complexity index is 1330. The topological polar surface area (TPSA) is 63.9 Å². The van der Waals surface area contributed by atoms with Crippen LogP contribution in [0.3, 0.4) is 0 Å². The number of ether oxygens (including phenoxy) is 2. The molecule has 1 spiro atoms. The van der Waals surface area contributed by atoms with Gasteiger partial charge in [0, 0.05) is 37.0 Å². The predicted molar refractivity (Wildman–Crippen MR) is 144 cm³/mol. The van der Waals surface area contributed by atoms with Gasteiger partial charge in [0.25, 0.3) is 0 Å². The lowest BCUT2D eigenvalue weighted by molar-refractivity contribution is -0.0315. The van der Waals surface area contributed by atoms with Gasteiger partial charge in [0.2, 0.25) is 0 Å². The van der Waals surface area contributed by atoms with Gasteiger partial charge in [-0.3, -0.25) is 9.89 Å². The molecule has 3 aromatic rings. The van der Waals surface area contributed by atoms with Crippen molar-refractivity contribution in [3.05, 3.63) is 77.8 Å². The molecule has 2 fully saturated rings. The third-order valence-electron chi connectivity index (χ3n) is 8.41. The van der Waals surface area contributed by atoms with E-state index in [1.165, 1.54) is 44.6 Å². The Labute approximate surface area is 217 Å². The molecule has 7 nitrogen and oxygen atoms in total. The second-order valence-corrected chi connectivity index (χ2v) is 10.8. The second-order valence-electron chi connectivity index (χ2n) is 10.8. The van der Waals surface area contributed by atoms with Crippen LogP contribution in [0.15, 0.2) is 71.4 Å². The number of methoxy groups -OCH3 is 1. The van der Waals surface area contributed by atoms with Crippen LogP contribution in [0.1, 0.15) is 30.1 Å². The van der Waals surface area contributed by atoms with E-state index in [0.717, 1.165) is 40.6 Å². The Morgan fingerprint density at radius 3 is 2.57 bits per heavy atom. The summed E-state index contributed by atoms with van der Waals surface area (Å²) in [4.78, 5) is 12.4. The Hall–Kier alpha value is -3.26. The average Bonchev–Trinajstić information content (AvgIpc) is 3.33. The first kappa shape index (κ1) is 22.9. The zero-order valence-corrected chi connectivity index (χ0v) is 21.3. The Balaban J connectivity index is 1.20. The molecule has 0 saturated carbocycles. The van der Waals surface area contributed by atoms with Crippen molar-refractivity contribution < 1.29 is 9.47 Å². The van der Waals surface area contributed by atoms with Crippen LogP contribution in [0.2, 0.25) is 0 Å². The summed E-state index contributed by atoms with van der Waals surface area (Å²) in [6.07, 6.45) is 5.99. The van der Waals surface area contributed by atoms with Crippen molar-refractivity contribution in [2.75, 3.05) is 33.3 Å². The van der Waals surface area contributed by atoms with Gasteiger partial charge in [-0.15, -0.1) is 0 Å². The van der Waals surface area contributed by atoms with E-state index in [4.69, 9.17) is 14.5 Å². The monoisotopic (exact) mass is 495 g/mol. The third kappa shape index (κ3) is 4.02. The molecule has 1 aromatic heterocycles. The summed E-state index contributed by atoms with van der Waals surface area (Å²) in [5.41, 5.74) is 6.19. The normalized spacial score (nSPS) is 24.2. The SMILES string of the molecule is COC1=CC=NC2OCn3c(nc(-c4ccc(CN5CC6(CCNCC6)C5)cc4)c3-c3ccccc3)C12. The van der Waals surface area contributed by atoms with Crippen LogP contribution < -0.4 is 5.32 Å². The molecule has 0 aliphatic carbocycles. The predicted octanol–water partition coefficient (Wildman–Crippen LogP) is 4.41. The van der Waals surface area contributed by atoms with Gasteiger partial charge in [0.15, 0.2) is 6.23 Å². The molecule has 5 heterocycles. The van der Waals surface area contributed by atoms with Crippen molar-refractivity contribution in [3.8, 4) is 22.5 Å². The van der Waals surface area contributed by atoms with E-state index in [1.54, 1.807) is 13.3 Å². The van der Waals surface area contributed by atoms with Crippen LogP contribution in [-0.4, -0.2) is 60.2 Å². The van der Waals surface area contributed by atoms with Crippen molar-refractivity contribution in [1.29, 1.82) is 0 Å². The first-order chi connectivity index (χ1) is 18.2. The minimum absolute atomic E-state index is 0.159. The van der Waals surface area contributed by atoms with Crippen LogP contribution in [-0.2, 0) is 22.7 Å². The minimum atomic E-state index is -0.312. The first-order valence-electron chi connectivity index (χ1n) is 13.3. The Morgan fingerprint density at radius 2 is 1.81 bits per heavy atom. The number of dihydropyridines is 1. The van der Waals surface area contributed by atoms with E-state index in [2.05, 4.69) is 68.3 Å². The van der Waals surface area contributed by atoms with Gasteiger partial charge < -0.3 is 19.4 Å². The molecule has 0 bridgehead atoms. The number of hydrogen-bond acceptors (Lipinski definition) is 6. The molecule has 4 aliphatic heterocycles. The summed E-state index contributed by atoms with van der Waals surface area (Å²) in [5, 5.41) is 3.50. The zero-order chi connectivity index (χ0) is 24.8. The molecule has 7 heteroatoms. The van der Waals surface area contributed by atoms with Gasteiger partial charge in [0.05, 0.1) is 18.5 Å². The summed E-state index contributed by atoms with van der Waals surface area (Å²) in [6, 6.07) is 19.4. The van der Waals surface area contributed by atoms with E-state index in [-0.39, 0.29) is 12.1 Å². The van der Waals surface area contributed by atoms with E-state index in [1.807, 2.05) is 12.1 Å². The maximum atomic E-state index is 6.18. The summed E-state index contributed by atoms with van der Waals surface area (Å²) >= 11 is 0. The second kappa shape index (κ2) is 9.24. The lowest BCUT2D eigenvalue weighted by Gasteiger charge is -2.52. The highest BCUT2D eigenvalue weighted by Crippen LogP contribution is 2.43. The van der Waals surface area contributed by atoms with Crippen molar-refractivity contribution in [3.63, 3.8) is 0 Å². The summed E-state index contributed by atoms with van der Waals surface area (Å²) in [7, 11) is 1.70. The largest absolute Gasteiger partial charge is 0.500 e. The summed E-state index contributed by atoms with van der Waals surface area (Å²) in [5.74, 6) is 1.61. The fourth-order valence-corrected chi connectivity index (χ4v) is 6.51. The number of aliphatic imine (C=N–C) groups is 1. The van der Waals surface area contributed by atoms with Crippen LogP contribution in [0, 0.1) is 5.41 Å². The van der Waals surface area contributed by atoms with E-state index >= 15 is 0 Å². The highest BCUT2D eigenvalue weighted by atomic mass is 16.5. The van der Waals surface area contributed by atoms with Gasteiger partial charge in [-0.1, -0.05) is 54.6 Å². The number of allylic oxidation sites excluding steroid dienone is 1. The maximum Gasteiger partial charge on any atom is 0.167 e. The number of nitrogens with one attached hydrogen (secondary N) is 1. The van der Waals surface area contributed by atoms with E-state index in [9.17, 15) is 0 Å². The fraction of sp³-hybridized carbons (Fsp3) is 0.400. The minimum Gasteiger partial charge on any atom is -0.500 e. The first-order valence-corrected chi connectivity index (χ1v) is 13.3. The van der Waals surface area contributed by atoms with Crippen LogP contribution in [0.4, 0.5) is 0 Å². The van der Waals surface area contributed by atoms with Gasteiger partial charge in [-0.25, -0.2) is 4.98 Å². The quantitative estimate of drug-likeness (QED) is 0.568. The van der Waals surface area contributed by atoms with Crippen molar-refractivity contribution in [2.45, 2.75) is 38.3 Å². The van der Waals surface area contributed by atoms with Crippen LogP contribution in [0.5, 0.6) is 0 Å². The number of benzene rings is 2. The molecule has 2 aromatic carbocycles. The van der Waals surface area contributed by atoms with E-state index < -0.39 is 0 Å². The van der Waals surface area contributed by atoms with E-state index in [0.29, 0.717) is 12.1 Å². The molecule has 0 radical (unpaired) electrons. The number of piperidine rings is 1. The molecule has 0 amide bonds. The molecule has 4 aliphatic rings. The third-order valence-corrected chi connectivity index (χ3v) is 8.41. The zero-order valence-electron chi connectivity index (χ0n) is 21.3. The molecule has 2 atom stereocenters.